The van der Waals surface area contributed by atoms with Gasteiger partial charge in [-0.1, -0.05) is 22.9 Å². The zero-order valence-electron chi connectivity index (χ0n) is 16.1. The summed E-state index contributed by atoms with van der Waals surface area (Å²) >= 11 is 7.89. The fourth-order valence-electron chi connectivity index (χ4n) is 3.40. The summed E-state index contributed by atoms with van der Waals surface area (Å²) in [7, 11) is 1.63. The lowest BCUT2D eigenvalue weighted by molar-refractivity contribution is 0.0732. The highest BCUT2D eigenvalue weighted by Gasteiger charge is 2.26. The number of aromatic nitrogens is 3. The normalized spacial score (nSPS) is 14.9. The Morgan fingerprint density at radius 2 is 1.96 bits per heavy atom. The summed E-state index contributed by atoms with van der Waals surface area (Å²) in [5.41, 5.74) is 1.43. The van der Waals surface area contributed by atoms with Gasteiger partial charge in [-0.15, -0.1) is 0 Å². The molecular formula is C19H22ClN5O2S. The van der Waals surface area contributed by atoms with Crippen LogP contribution in [0.5, 0.6) is 5.75 Å². The van der Waals surface area contributed by atoms with Crippen LogP contribution in [0.1, 0.15) is 30.4 Å². The van der Waals surface area contributed by atoms with Gasteiger partial charge < -0.3 is 14.5 Å². The van der Waals surface area contributed by atoms with Crippen molar-refractivity contribution in [3.63, 3.8) is 0 Å². The van der Waals surface area contributed by atoms with Crippen LogP contribution in [0, 0.1) is 0 Å². The van der Waals surface area contributed by atoms with Gasteiger partial charge in [-0.25, -0.2) is 4.98 Å². The maximum atomic E-state index is 12.9. The third kappa shape index (κ3) is 3.31. The number of thiazole rings is 1. The van der Waals surface area contributed by atoms with Crippen LogP contribution in [-0.4, -0.2) is 58.9 Å². The second kappa shape index (κ2) is 7.60. The second-order valence-corrected chi connectivity index (χ2v) is 8.34. The van der Waals surface area contributed by atoms with Crippen molar-refractivity contribution in [2.24, 2.45) is 0 Å². The largest absolute Gasteiger partial charge is 0.494 e. The van der Waals surface area contributed by atoms with Crippen molar-refractivity contribution in [3.8, 4) is 5.75 Å². The molecule has 1 aliphatic heterocycles. The van der Waals surface area contributed by atoms with Gasteiger partial charge in [0.25, 0.3) is 5.91 Å². The van der Waals surface area contributed by atoms with E-state index in [1.54, 1.807) is 35.4 Å². The van der Waals surface area contributed by atoms with Crippen molar-refractivity contribution >= 4 is 44.2 Å². The van der Waals surface area contributed by atoms with Crippen LogP contribution in [0.3, 0.4) is 0 Å². The number of methoxy groups -OCH3 is 1. The van der Waals surface area contributed by atoms with E-state index in [1.807, 2.05) is 30.9 Å². The quantitative estimate of drug-likeness (QED) is 0.645. The molecule has 1 amide bonds. The predicted octanol–water partition coefficient (Wildman–Crippen LogP) is 3.70. The van der Waals surface area contributed by atoms with Gasteiger partial charge in [0.05, 0.1) is 16.8 Å². The summed E-state index contributed by atoms with van der Waals surface area (Å²) in [5.74, 6) is 0.748. The number of piperazine rings is 1. The van der Waals surface area contributed by atoms with Gasteiger partial charge in [0, 0.05) is 38.4 Å². The fraction of sp³-hybridized carbons (Fsp3) is 0.421. The molecular weight excluding hydrogens is 398 g/mol. The van der Waals surface area contributed by atoms with E-state index in [0.717, 1.165) is 34.2 Å². The standard InChI is InChI=1S/C19H22ClN5O2S/c1-12(2)25-14(6-7-21-25)18(26)23-8-10-24(11-9-23)19-22-16-15(27-3)5-4-13(20)17(16)28-19/h4-7,12H,8-11H2,1-3H3. The Morgan fingerprint density at radius 1 is 1.21 bits per heavy atom. The topological polar surface area (TPSA) is 63.5 Å². The molecule has 0 radical (unpaired) electrons. The molecule has 2 aromatic heterocycles. The second-order valence-electron chi connectivity index (χ2n) is 6.96. The van der Waals surface area contributed by atoms with Crippen LogP contribution in [0.15, 0.2) is 24.4 Å². The Morgan fingerprint density at radius 3 is 2.64 bits per heavy atom. The van der Waals surface area contributed by atoms with Crippen LogP contribution in [0.25, 0.3) is 10.2 Å². The minimum absolute atomic E-state index is 0.0277. The van der Waals surface area contributed by atoms with E-state index >= 15 is 0 Å². The van der Waals surface area contributed by atoms with Crippen molar-refractivity contribution in [1.29, 1.82) is 0 Å². The molecule has 28 heavy (non-hydrogen) atoms. The predicted molar refractivity (Wildman–Crippen MR) is 112 cm³/mol. The lowest BCUT2D eigenvalue weighted by Gasteiger charge is -2.34. The fourth-order valence-corrected chi connectivity index (χ4v) is 4.71. The number of nitrogens with zero attached hydrogens (tertiary/aromatic N) is 5. The molecule has 1 aliphatic rings. The molecule has 4 rings (SSSR count). The molecule has 9 heteroatoms. The molecule has 1 aromatic carbocycles. The maximum absolute atomic E-state index is 12.9. The Kier molecular flexibility index (Phi) is 5.16. The molecule has 0 spiro atoms. The Bertz CT molecular complexity index is 1010. The first-order valence-corrected chi connectivity index (χ1v) is 10.4. The van der Waals surface area contributed by atoms with E-state index in [-0.39, 0.29) is 11.9 Å². The maximum Gasteiger partial charge on any atom is 0.272 e. The summed E-state index contributed by atoms with van der Waals surface area (Å²) in [6.45, 7) is 6.77. The van der Waals surface area contributed by atoms with Gasteiger partial charge in [0.15, 0.2) is 5.13 Å². The number of amides is 1. The molecule has 0 bridgehead atoms. The Labute approximate surface area is 172 Å². The van der Waals surface area contributed by atoms with Gasteiger partial charge in [-0.2, -0.15) is 5.10 Å². The summed E-state index contributed by atoms with van der Waals surface area (Å²) < 4.78 is 8.11. The monoisotopic (exact) mass is 419 g/mol. The Hall–Kier alpha value is -2.32. The smallest absolute Gasteiger partial charge is 0.272 e. The highest BCUT2D eigenvalue weighted by Crippen LogP contribution is 2.38. The summed E-state index contributed by atoms with van der Waals surface area (Å²) in [4.78, 5) is 21.7. The summed E-state index contributed by atoms with van der Waals surface area (Å²) in [6, 6.07) is 5.61. The number of carbonyl (C=O) groups excluding carboxylic acids is 1. The van der Waals surface area contributed by atoms with Crippen LogP contribution in [0.4, 0.5) is 5.13 Å². The minimum Gasteiger partial charge on any atom is -0.494 e. The molecule has 0 aliphatic carbocycles. The average Bonchev–Trinajstić information content (AvgIpc) is 3.36. The van der Waals surface area contributed by atoms with Crippen molar-refractivity contribution in [2.45, 2.75) is 19.9 Å². The van der Waals surface area contributed by atoms with Crippen molar-refractivity contribution in [1.82, 2.24) is 19.7 Å². The number of anilines is 1. The van der Waals surface area contributed by atoms with E-state index in [0.29, 0.717) is 23.8 Å². The zero-order chi connectivity index (χ0) is 19.8. The van der Waals surface area contributed by atoms with E-state index < -0.39 is 0 Å². The number of fused-ring (bicyclic) bond motifs is 1. The van der Waals surface area contributed by atoms with Gasteiger partial charge in [-0.05, 0) is 32.0 Å². The highest BCUT2D eigenvalue weighted by molar-refractivity contribution is 7.22. The number of ether oxygens (including phenoxy) is 1. The molecule has 148 valence electrons. The first kappa shape index (κ1) is 19.0. The number of hydrogen-bond acceptors (Lipinski definition) is 6. The third-order valence-electron chi connectivity index (χ3n) is 4.88. The molecule has 3 aromatic rings. The number of benzene rings is 1. The van der Waals surface area contributed by atoms with Gasteiger partial charge >= 0.3 is 0 Å². The van der Waals surface area contributed by atoms with Gasteiger partial charge in [-0.3, -0.25) is 9.48 Å². The number of hydrogen-bond donors (Lipinski definition) is 0. The van der Waals surface area contributed by atoms with E-state index in [2.05, 4.69) is 10.00 Å². The average molecular weight is 420 g/mol. The lowest BCUT2D eigenvalue weighted by Crippen LogP contribution is -2.49. The van der Waals surface area contributed by atoms with Crippen LogP contribution >= 0.6 is 22.9 Å². The summed E-state index contributed by atoms with van der Waals surface area (Å²) in [6.07, 6.45) is 1.68. The summed E-state index contributed by atoms with van der Waals surface area (Å²) in [5, 5.41) is 5.85. The molecule has 1 fully saturated rings. The van der Waals surface area contributed by atoms with Gasteiger partial charge in [0.2, 0.25) is 0 Å². The van der Waals surface area contributed by atoms with Crippen LogP contribution in [-0.2, 0) is 0 Å². The molecule has 1 saturated heterocycles. The van der Waals surface area contributed by atoms with Crippen LogP contribution < -0.4 is 9.64 Å². The Balaban J connectivity index is 1.50. The SMILES string of the molecule is COc1ccc(Cl)c2sc(N3CCN(C(=O)c4ccnn4C(C)C)CC3)nc12. The number of halogens is 1. The number of rotatable bonds is 4. The van der Waals surface area contributed by atoms with Crippen molar-refractivity contribution in [2.75, 3.05) is 38.2 Å². The van der Waals surface area contributed by atoms with Crippen molar-refractivity contribution in [3.05, 3.63) is 35.1 Å². The van der Waals surface area contributed by atoms with E-state index in [1.165, 1.54) is 0 Å². The molecule has 3 heterocycles. The third-order valence-corrected chi connectivity index (χ3v) is 6.46. The molecule has 0 N–H and O–H groups in total. The number of carbonyl (C=O) groups is 1. The van der Waals surface area contributed by atoms with Gasteiger partial charge in [0.1, 0.15) is 17.0 Å². The van der Waals surface area contributed by atoms with E-state index in [9.17, 15) is 4.79 Å². The minimum atomic E-state index is 0.0277. The molecule has 7 nitrogen and oxygen atoms in total. The highest BCUT2D eigenvalue weighted by atomic mass is 35.5. The molecule has 0 atom stereocenters. The molecule has 0 saturated carbocycles. The molecule has 0 unspecified atom stereocenters. The van der Waals surface area contributed by atoms with Crippen LogP contribution in [0.2, 0.25) is 5.02 Å². The first-order chi connectivity index (χ1) is 13.5. The lowest BCUT2D eigenvalue weighted by atomic mass is 10.2. The first-order valence-electron chi connectivity index (χ1n) is 9.20. The van der Waals surface area contributed by atoms with E-state index in [4.69, 9.17) is 21.3 Å². The van der Waals surface area contributed by atoms with Crippen molar-refractivity contribution < 1.29 is 9.53 Å². The zero-order valence-corrected chi connectivity index (χ0v) is 17.6.